The highest BCUT2D eigenvalue weighted by Gasteiger charge is 2.31. The van der Waals surface area contributed by atoms with Crippen molar-refractivity contribution in [1.82, 2.24) is 3.71 Å². The number of hydrogen-bond acceptors (Lipinski definition) is 6. The first-order chi connectivity index (χ1) is 7.62. The number of carbonyl (C=O) groups is 1. The number of ether oxygens (including phenoxy) is 1. The summed E-state index contributed by atoms with van der Waals surface area (Å²) >= 11 is 3.10. The van der Waals surface area contributed by atoms with E-state index in [0.717, 1.165) is 6.42 Å². The van der Waals surface area contributed by atoms with Crippen LogP contribution in [0.4, 0.5) is 0 Å². The van der Waals surface area contributed by atoms with Gasteiger partial charge in [-0.2, -0.15) is 3.71 Å². The highest BCUT2D eigenvalue weighted by Crippen LogP contribution is 2.27. The van der Waals surface area contributed by atoms with Crippen LogP contribution in [0, 0.1) is 5.92 Å². The second kappa shape index (κ2) is 14.1. The maximum atomic E-state index is 11.9. The quantitative estimate of drug-likeness (QED) is 0.542. The third kappa shape index (κ3) is 7.96. The number of rotatable bonds is 8. The summed E-state index contributed by atoms with van der Waals surface area (Å²) in [6.45, 7) is 4.81. The normalized spacial score (nSPS) is 13.2. The molecule has 0 amide bonds. The summed E-state index contributed by atoms with van der Waals surface area (Å²) < 4.78 is 7.11. The Morgan fingerprint density at radius 1 is 1.33 bits per heavy atom. The van der Waals surface area contributed by atoms with Crippen LogP contribution in [0.5, 0.6) is 0 Å². The van der Waals surface area contributed by atoms with E-state index in [1.54, 1.807) is 23.9 Å². The van der Waals surface area contributed by atoms with Crippen molar-refractivity contribution in [2.75, 3.05) is 25.7 Å². The minimum Gasteiger partial charge on any atom is -0.463 e. The molecule has 0 rings (SSSR count). The van der Waals surface area contributed by atoms with Crippen LogP contribution in [0.15, 0.2) is 0 Å². The molecule has 0 bridgehead atoms. The SMILES string of the molecule is CCC(C)C(C(=O)OCCN)N(SC)SC.Cl.Cl. The summed E-state index contributed by atoms with van der Waals surface area (Å²) in [6.07, 6.45) is 4.87. The van der Waals surface area contributed by atoms with Crippen LogP contribution >= 0.6 is 48.7 Å². The van der Waals surface area contributed by atoms with Gasteiger partial charge in [0, 0.05) is 6.54 Å². The van der Waals surface area contributed by atoms with E-state index in [2.05, 4.69) is 13.8 Å². The van der Waals surface area contributed by atoms with Crippen LogP contribution in [0.1, 0.15) is 20.3 Å². The smallest absolute Gasteiger partial charge is 0.325 e. The van der Waals surface area contributed by atoms with Crippen molar-refractivity contribution in [2.45, 2.75) is 26.3 Å². The average Bonchev–Trinajstić information content (AvgIpc) is 2.31. The summed E-state index contributed by atoms with van der Waals surface area (Å²) in [5.41, 5.74) is 5.33. The molecule has 0 aliphatic heterocycles. The highest BCUT2D eigenvalue weighted by atomic mass is 35.5. The van der Waals surface area contributed by atoms with Crippen molar-refractivity contribution in [2.24, 2.45) is 11.7 Å². The van der Waals surface area contributed by atoms with Gasteiger partial charge in [-0.15, -0.1) is 24.8 Å². The molecule has 0 radical (unpaired) electrons. The summed E-state index contributed by atoms with van der Waals surface area (Å²) in [6, 6.07) is -0.207. The van der Waals surface area contributed by atoms with Crippen LogP contribution < -0.4 is 5.73 Å². The number of halogens is 2. The van der Waals surface area contributed by atoms with Gasteiger partial charge in [0.05, 0.1) is 0 Å². The molecular formula is C10H24Cl2N2O2S2. The van der Waals surface area contributed by atoms with Crippen LogP contribution in [0.3, 0.4) is 0 Å². The monoisotopic (exact) mass is 338 g/mol. The molecule has 2 unspecified atom stereocenters. The van der Waals surface area contributed by atoms with Gasteiger partial charge in [0.1, 0.15) is 12.6 Å². The first-order valence-electron chi connectivity index (χ1n) is 5.36. The van der Waals surface area contributed by atoms with Gasteiger partial charge in [0.2, 0.25) is 0 Å². The van der Waals surface area contributed by atoms with E-state index in [0.29, 0.717) is 13.2 Å². The summed E-state index contributed by atoms with van der Waals surface area (Å²) in [4.78, 5) is 11.9. The zero-order valence-corrected chi connectivity index (χ0v) is 14.5. The molecule has 0 spiro atoms. The van der Waals surface area contributed by atoms with Crippen LogP contribution in [-0.2, 0) is 9.53 Å². The Balaban J connectivity index is -0.00000112. The van der Waals surface area contributed by atoms with Gasteiger partial charge in [-0.1, -0.05) is 44.2 Å². The Morgan fingerprint density at radius 2 is 1.83 bits per heavy atom. The maximum absolute atomic E-state index is 11.9. The lowest BCUT2D eigenvalue weighted by atomic mass is 10.0. The number of carbonyl (C=O) groups excluding carboxylic acids is 1. The zero-order valence-electron chi connectivity index (χ0n) is 11.3. The van der Waals surface area contributed by atoms with Gasteiger partial charge >= 0.3 is 5.97 Å². The Labute approximate surface area is 131 Å². The van der Waals surface area contributed by atoms with E-state index in [1.165, 1.54) is 0 Å². The highest BCUT2D eigenvalue weighted by molar-refractivity contribution is 8.11. The molecule has 0 saturated heterocycles. The Kier molecular flexibility index (Phi) is 18.6. The molecule has 0 saturated carbocycles. The molecule has 18 heavy (non-hydrogen) atoms. The number of nitrogens with zero attached hydrogens (tertiary/aromatic N) is 1. The van der Waals surface area contributed by atoms with Gasteiger partial charge in [-0.25, -0.2) is 0 Å². The fourth-order valence-electron chi connectivity index (χ4n) is 1.30. The van der Waals surface area contributed by atoms with Gasteiger partial charge in [0.25, 0.3) is 0 Å². The first kappa shape index (κ1) is 23.7. The minimum atomic E-state index is -0.207. The lowest BCUT2D eigenvalue weighted by Crippen LogP contribution is -2.39. The van der Waals surface area contributed by atoms with E-state index >= 15 is 0 Å². The fourth-order valence-corrected chi connectivity index (χ4v) is 2.93. The Hall–Kier alpha value is 0.670. The summed E-state index contributed by atoms with van der Waals surface area (Å²) in [7, 11) is 0. The number of esters is 1. The third-order valence-corrected chi connectivity index (χ3v) is 4.44. The van der Waals surface area contributed by atoms with Crippen molar-refractivity contribution in [3.63, 3.8) is 0 Å². The van der Waals surface area contributed by atoms with Crippen molar-refractivity contribution >= 4 is 54.7 Å². The Bertz CT molecular complexity index is 210. The summed E-state index contributed by atoms with van der Waals surface area (Å²) in [5.74, 6) is 0.0914. The molecule has 112 valence electrons. The maximum Gasteiger partial charge on any atom is 0.325 e. The molecule has 0 aromatic carbocycles. The van der Waals surface area contributed by atoms with Gasteiger partial charge in [0.15, 0.2) is 0 Å². The molecule has 8 heteroatoms. The van der Waals surface area contributed by atoms with Crippen molar-refractivity contribution in [3.8, 4) is 0 Å². The lowest BCUT2D eigenvalue weighted by Gasteiger charge is -2.29. The summed E-state index contributed by atoms with van der Waals surface area (Å²) in [5, 5.41) is 0. The Morgan fingerprint density at radius 3 is 2.17 bits per heavy atom. The number of nitrogens with two attached hydrogens (primary N) is 1. The molecule has 2 atom stereocenters. The van der Waals surface area contributed by atoms with Gasteiger partial charge < -0.3 is 10.5 Å². The molecule has 4 nitrogen and oxygen atoms in total. The first-order valence-corrected chi connectivity index (χ1v) is 7.72. The fraction of sp³-hybridized carbons (Fsp3) is 0.900. The molecule has 0 aliphatic carbocycles. The van der Waals surface area contributed by atoms with Gasteiger partial charge in [-0.3, -0.25) is 4.79 Å². The molecule has 0 heterocycles. The molecular weight excluding hydrogens is 315 g/mol. The molecule has 0 fully saturated rings. The van der Waals surface area contributed by atoms with E-state index in [-0.39, 0.29) is 42.7 Å². The standard InChI is InChI=1S/C10H22N2O2S2.2ClH/c1-5-8(2)9(12(15-3)16-4)10(13)14-7-6-11;;/h8-9H,5-7,11H2,1-4H3;2*1H. The van der Waals surface area contributed by atoms with Gasteiger partial charge in [-0.05, 0) is 18.4 Å². The van der Waals surface area contributed by atoms with Crippen molar-refractivity contribution in [3.05, 3.63) is 0 Å². The minimum absolute atomic E-state index is 0. The predicted octanol–water partition coefficient (Wildman–Crippen LogP) is 2.60. The van der Waals surface area contributed by atoms with Crippen LogP contribution in [0.2, 0.25) is 0 Å². The van der Waals surface area contributed by atoms with E-state index in [1.807, 2.05) is 16.2 Å². The second-order valence-corrected chi connectivity index (χ2v) is 5.19. The van der Waals surface area contributed by atoms with Crippen molar-refractivity contribution in [1.29, 1.82) is 0 Å². The number of hydrogen-bond donors (Lipinski definition) is 1. The second-order valence-electron chi connectivity index (χ2n) is 3.44. The average molecular weight is 339 g/mol. The lowest BCUT2D eigenvalue weighted by molar-refractivity contribution is -0.148. The molecule has 0 aliphatic rings. The van der Waals surface area contributed by atoms with Crippen molar-refractivity contribution < 1.29 is 9.53 Å². The largest absolute Gasteiger partial charge is 0.463 e. The molecule has 0 aromatic heterocycles. The predicted molar refractivity (Wildman–Crippen MR) is 86.6 cm³/mol. The third-order valence-electron chi connectivity index (χ3n) is 2.37. The molecule has 2 N–H and O–H groups in total. The van der Waals surface area contributed by atoms with E-state index in [4.69, 9.17) is 10.5 Å². The van der Waals surface area contributed by atoms with E-state index < -0.39 is 0 Å². The molecule has 0 aromatic rings. The van der Waals surface area contributed by atoms with E-state index in [9.17, 15) is 4.79 Å². The zero-order chi connectivity index (χ0) is 12.6. The topological polar surface area (TPSA) is 55.6 Å². The van der Waals surface area contributed by atoms with Crippen LogP contribution in [-0.4, -0.2) is 41.4 Å². The van der Waals surface area contributed by atoms with Crippen LogP contribution in [0.25, 0.3) is 0 Å².